The van der Waals surface area contributed by atoms with Crippen LogP contribution in [0.2, 0.25) is 0 Å². The number of hydrogen-bond acceptors (Lipinski definition) is 4. The zero-order valence-electron chi connectivity index (χ0n) is 17.2. The molecule has 0 atom stereocenters. The molecule has 3 aromatic carbocycles. The first-order chi connectivity index (χ1) is 13.6. The van der Waals surface area contributed by atoms with Crippen LogP contribution in [0.4, 0.5) is 0 Å². The maximum absolute atomic E-state index is 13.0. The minimum atomic E-state index is -0.0145. The molecule has 29 heavy (non-hydrogen) atoms. The van der Waals surface area contributed by atoms with Crippen LogP contribution < -0.4 is 14.2 Å². The van der Waals surface area contributed by atoms with Gasteiger partial charge in [0, 0.05) is 24.5 Å². The number of ether oxygens (including phenoxy) is 3. The molecule has 0 unspecified atom stereocenters. The van der Waals surface area contributed by atoms with Gasteiger partial charge in [0.2, 0.25) is 0 Å². The Morgan fingerprint density at radius 3 is 2.10 bits per heavy atom. The lowest BCUT2D eigenvalue weighted by atomic mass is 10.0. The fourth-order valence-electron chi connectivity index (χ4n) is 3.28. The summed E-state index contributed by atoms with van der Waals surface area (Å²) < 4.78 is 16.0. The normalized spacial score (nSPS) is 10.2. The monoisotopic (exact) mass is 397 g/mol. The molecule has 6 nitrogen and oxygen atoms in total. The molecule has 0 radical (unpaired) electrons. The summed E-state index contributed by atoms with van der Waals surface area (Å²) in [5, 5.41) is 1.83. The number of hydrogen-bond donors (Lipinski definition) is 0. The summed E-state index contributed by atoms with van der Waals surface area (Å²) in [5.74, 6) is 2.13. The third-order valence-electron chi connectivity index (χ3n) is 4.86. The van der Waals surface area contributed by atoms with Gasteiger partial charge in [-0.1, -0.05) is 30.3 Å². The van der Waals surface area contributed by atoms with Crippen LogP contribution in [0.5, 0.6) is 17.2 Å². The van der Waals surface area contributed by atoms with Crippen LogP contribution in [0.25, 0.3) is 10.8 Å². The lowest BCUT2D eigenvalue weighted by Gasteiger charge is -2.19. The van der Waals surface area contributed by atoms with Gasteiger partial charge in [0.1, 0.15) is 5.75 Å². The average Bonchev–Trinajstić information content (AvgIpc) is 2.75. The first kappa shape index (κ1) is 22.0. The van der Waals surface area contributed by atoms with E-state index in [1.807, 2.05) is 61.6 Å². The van der Waals surface area contributed by atoms with E-state index in [9.17, 15) is 4.79 Å². The predicted octanol–water partition coefficient (Wildman–Crippen LogP) is 3.36. The summed E-state index contributed by atoms with van der Waals surface area (Å²) >= 11 is 0. The van der Waals surface area contributed by atoms with Gasteiger partial charge in [-0.15, -0.1) is 0 Å². The Kier molecular flexibility index (Phi) is 7.45. The highest BCUT2D eigenvalue weighted by Gasteiger charge is 2.16. The van der Waals surface area contributed by atoms with E-state index in [0.29, 0.717) is 23.6 Å². The molecule has 6 heteroatoms. The number of methoxy groups -OCH3 is 3. The Bertz CT molecular complexity index is 986. The zero-order chi connectivity index (χ0) is 20.1. The van der Waals surface area contributed by atoms with Crippen molar-refractivity contribution >= 4 is 16.7 Å². The van der Waals surface area contributed by atoms with Crippen LogP contribution in [0, 0.1) is 0 Å². The second kappa shape index (κ2) is 9.80. The van der Waals surface area contributed by atoms with Crippen LogP contribution in [0.15, 0.2) is 54.6 Å². The van der Waals surface area contributed by atoms with Crippen molar-refractivity contribution in [3.8, 4) is 17.2 Å². The highest BCUT2D eigenvalue weighted by atomic mass is 16.5. The van der Waals surface area contributed by atoms with Crippen molar-refractivity contribution in [3.63, 3.8) is 0 Å². The third kappa shape index (κ3) is 4.60. The molecular formula is C23H27NO5. The van der Waals surface area contributed by atoms with Gasteiger partial charge in [-0.05, 0) is 41.6 Å². The van der Waals surface area contributed by atoms with Crippen molar-refractivity contribution in [1.29, 1.82) is 0 Å². The van der Waals surface area contributed by atoms with E-state index in [1.54, 1.807) is 26.2 Å². The van der Waals surface area contributed by atoms with Crippen LogP contribution in [-0.2, 0) is 6.42 Å². The number of fused-ring (bicyclic) bond motifs is 1. The SMILES string of the molecule is COc1ccc(CCN(C)C(=O)c2ccc(OC)c3ccccc23)cc1OC.O. The number of carbonyl (C=O) groups excluding carboxylic acids is 1. The molecule has 0 aliphatic heterocycles. The zero-order valence-corrected chi connectivity index (χ0v) is 17.2. The molecule has 0 saturated carbocycles. The van der Waals surface area contributed by atoms with Crippen molar-refractivity contribution < 1.29 is 24.5 Å². The quantitative estimate of drug-likeness (QED) is 0.612. The van der Waals surface area contributed by atoms with Crippen LogP contribution >= 0.6 is 0 Å². The molecule has 3 rings (SSSR count). The standard InChI is InChI=1S/C23H25NO4.H2O/c1-24(14-13-16-9-11-21(27-3)22(15-16)28-4)23(25)19-10-12-20(26-2)18-8-6-5-7-17(18)19;/h5-12,15H,13-14H2,1-4H3;1H2. The summed E-state index contributed by atoms with van der Waals surface area (Å²) in [5.41, 5.74) is 1.75. The lowest BCUT2D eigenvalue weighted by molar-refractivity contribution is 0.0798. The first-order valence-corrected chi connectivity index (χ1v) is 9.11. The van der Waals surface area contributed by atoms with Gasteiger partial charge < -0.3 is 24.6 Å². The fourth-order valence-corrected chi connectivity index (χ4v) is 3.28. The second-order valence-corrected chi connectivity index (χ2v) is 6.53. The largest absolute Gasteiger partial charge is 0.496 e. The average molecular weight is 397 g/mol. The van der Waals surface area contributed by atoms with Crippen LogP contribution in [0.1, 0.15) is 15.9 Å². The lowest BCUT2D eigenvalue weighted by Crippen LogP contribution is -2.29. The summed E-state index contributed by atoms with van der Waals surface area (Å²) in [6.45, 7) is 0.592. The Morgan fingerprint density at radius 2 is 1.45 bits per heavy atom. The van der Waals surface area contributed by atoms with Gasteiger partial charge in [-0.3, -0.25) is 4.79 Å². The van der Waals surface area contributed by atoms with Crippen molar-refractivity contribution in [2.75, 3.05) is 34.9 Å². The van der Waals surface area contributed by atoms with Gasteiger partial charge in [-0.2, -0.15) is 0 Å². The molecule has 1 amide bonds. The molecular weight excluding hydrogens is 370 g/mol. The molecule has 3 aromatic rings. The Balaban J connectivity index is 0.00000300. The Hall–Kier alpha value is -3.25. The van der Waals surface area contributed by atoms with E-state index in [4.69, 9.17) is 14.2 Å². The van der Waals surface area contributed by atoms with Crippen molar-refractivity contribution in [3.05, 3.63) is 65.7 Å². The molecule has 0 aliphatic rings. The van der Waals surface area contributed by atoms with Gasteiger partial charge in [0.15, 0.2) is 11.5 Å². The van der Waals surface area contributed by atoms with E-state index in [0.717, 1.165) is 28.5 Å². The minimum Gasteiger partial charge on any atom is -0.496 e. The Labute approximate surface area is 170 Å². The van der Waals surface area contributed by atoms with E-state index >= 15 is 0 Å². The summed E-state index contributed by atoms with van der Waals surface area (Å²) in [7, 11) is 6.69. The molecule has 154 valence electrons. The first-order valence-electron chi connectivity index (χ1n) is 9.11. The summed E-state index contributed by atoms with van der Waals surface area (Å²) in [4.78, 5) is 14.8. The van der Waals surface area contributed by atoms with Crippen LogP contribution in [0.3, 0.4) is 0 Å². The molecule has 2 N–H and O–H groups in total. The molecule has 0 aromatic heterocycles. The number of likely N-dealkylation sites (N-methyl/N-ethyl adjacent to an activating group) is 1. The van der Waals surface area contributed by atoms with E-state index in [-0.39, 0.29) is 11.4 Å². The predicted molar refractivity (Wildman–Crippen MR) is 114 cm³/mol. The number of nitrogens with zero attached hydrogens (tertiary/aromatic N) is 1. The number of benzene rings is 3. The van der Waals surface area contributed by atoms with E-state index < -0.39 is 0 Å². The minimum absolute atomic E-state index is 0. The molecule has 0 fully saturated rings. The highest BCUT2D eigenvalue weighted by Crippen LogP contribution is 2.30. The molecule has 0 heterocycles. The molecule has 0 bridgehead atoms. The van der Waals surface area contributed by atoms with E-state index in [2.05, 4.69) is 0 Å². The third-order valence-corrected chi connectivity index (χ3v) is 4.86. The summed E-state index contributed by atoms with van der Waals surface area (Å²) in [6, 6.07) is 17.3. The van der Waals surface area contributed by atoms with Gasteiger partial charge in [0.25, 0.3) is 5.91 Å². The Morgan fingerprint density at radius 1 is 0.828 bits per heavy atom. The van der Waals surface area contributed by atoms with Gasteiger partial charge >= 0.3 is 0 Å². The fraction of sp³-hybridized carbons (Fsp3) is 0.261. The van der Waals surface area contributed by atoms with Crippen molar-refractivity contribution in [2.24, 2.45) is 0 Å². The topological polar surface area (TPSA) is 79.5 Å². The summed E-state index contributed by atoms with van der Waals surface area (Å²) in [6.07, 6.45) is 0.719. The number of carbonyl (C=O) groups is 1. The maximum Gasteiger partial charge on any atom is 0.254 e. The molecule has 0 spiro atoms. The smallest absolute Gasteiger partial charge is 0.254 e. The van der Waals surface area contributed by atoms with Gasteiger partial charge in [-0.25, -0.2) is 0 Å². The highest BCUT2D eigenvalue weighted by molar-refractivity contribution is 6.08. The van der Waals surface area contributed by atoms with Crippen molar-refractivity contribution in [2.45, 2.75) is 6.42 Å². The van der Waals surface area contributed by atoms with Crippen LogP contribution in [-0.4, -0.2) is 51.2 Å². The number of amides is 1. The molecule has 0 aliphatic carbocycles. The van der Waals surface area contributed by atoms with E-state index in [1.165, 1.54) is 0 Å². The maximum atomic E-state index is 13.0. The number of rotatable bonds is 7. The van der Waals surface area contributed by atoms with Gasteiger partial charge in [0.05, 0.1) is 21.3 Å². The van der Waals surface area contributed by atoms with Crippen molar-refractivity contribution in [1.82, 2.24) is 4.90 Å². The second-order valence-electron chi connectivity index (χ2n) is 6.53. The molecule has 0 saturated heterocycles.